The molecule has 1 saturated carbocycles. The van der Waals surface area contributed by atoms with Crippen molar-refractivity contribution in [1.82, 2.24) is 4.90 Å². The standard InChI is InChI=1S/C40H70N2O4SSi2/c1-14-15-20-25-33(45-48(10,11)38(2,3)4)28-29-35-36(46-49(12,13)39(5,6)7)32-37(42(8)9)40(35,30-23-17-16-18-24-31-41)47(43,44)34-26-21-19-22-27-34/h17,19,21-23,26-29,33,35-37H,14-16,18,20,24-25,30,32H2,1-13H3/b23-17-,29-28+/t33-,35-,36+,37-,40+/m0/s1. The van der Waals surface area contributed by atoms with Crippen LogP contribution in [0, 0.1) is 17.2 Å². The van der Waals surface area contributed by atoms with Gasteiger partial charge in [0.25, 0.3) is 0 Å². The van der Waals surface area contributed by atoms with Crippen LogP contribution >= 0.6 is 0 Å². The highest BCUT2D eigenvalue weighted by molar-refractivity contribution is 7.93. The SMILES string of the molecule is CCCCC[C@@H](/C=C/[C@H]1[C@H](O[Si](C)(C)C(C)(C)C)C[C@H](N(C)C)[C@]1(C/C=C\CCCC#N)S(=O)(=O)c1ccccc1)O[Si](C)(C)C(C)(C)C. The van der Waals surface area contributed by atoms with Gasteiger partial charge in [-0.3, -0.25) is 0 Å². The first kappa shape index (κ1) is 43.6. The summed E-state index contributed by atoms with van der Waals surface area (Å²) in [5.41, 5.74) is 0. The highest BCUT2D eigenvalue weighted by Crippen LogP contribution is 2.53. The van der Waals surface area contributed by atoms with Crippen LogP contribution in [-0.4, -0.2) is 67.0 Å². The fourth-order valence-electron chi connectivity index (χ4n) is 6.55. The fraction of sp³-hybridized carbons (Fsp3) is 0.725. The molecule has 1 aliphatic carbocycles. The predicted octanol–water partition coefficient (Wildman–Crippen LogP) is 10.7. The van der Waals surface area contributed by atoms with Crippen molar-refractivity contribution in [2.24, 2.45) is 5.92 Å². The number of benzene rings is 1. The number of sulfone groups is 1. The van der Waals surface area contributed by atoms with E-state index in [1.54, 1.807) is 12.1 Å². The van der Waals surface area contributed by atoms with Crippen molar-refractivity contribution in [3.63, 3.8) is 0 Å². The summed E-state index contributed by atoms with van der Waals surface area (Å²) in [5, 5.41) is 9.10. The molecule has 0 heterocycles. The van der Waals surface area contributed by atoms with Crippen LogP contribution in [0.2, 0.25) is 36.3 Å². The van der Waals surface area contributed by atoms with Gasteiger partial charge in [-0.05, 0) is 94.6 Å². The Morgan fingerprint density at radius 2 is 1.59 bits per heavy atom. The van der Waals surface area contributed by atoms with Crippen LogP contribution in [0.15, 0.2) is 59.5 Å². The third-order valence-corrected chi connectivity index (χ3v) is 23.2. The Bertz CT molecular complexity index is 1370. The van der Waals surface area contributed by atoms with Gasteiger partial charge >= 0.3 is 0 Å². The molecule has 0 radical (unpaired) electrons. The number of nitriles is 1. The van der Waals surface area contributed by atoms with E-state index >= 15 is 8.42 Å². The zero-order valence-corrected chi connectivity index (χ0v) is 36.1. The second kappa shape index (κ2) is 17.8. The molecule has 0 aliphatic heterocycles. The molecule has 1 aromatic carbocycles. The van der Waals surface area contributed by atoms with Crippen molar-refractivity contribution in [1.29, 1.82) is 5.26 Å². The Balaban J connectivity index is 2.90. The average Bonchev–Trinajstić information content (AvgIpc) is 3.30. The van der Waals surface area contributed by atoms with E-state index in [1.807, 2.05) is 32.3 Å². The number of unbranched alkanes of at least 4 members (excludes halogenated alkanes) is 4. The Labute approximate surface area is 303 Å². The normalized spacial score (nSPS) is 23.5. The summed E-state index contributed by atoms with van der Waals surface area (Å²) < 4.78 is 43.9. The molecule has 1 aromatic rings. The van der Waals surface area contributed by atoms with Crippen LogP contribution in [-0.2, 0) is 18.7 Å². The molecule has 5 atom stereocenters. The molecule has 0 saturated heterocycles. The maximum absolute atomic E-state index is 15.4. The summed E-state index contributed by atoms with van der Waals surface area (Å²) in [6.45, 7) is 24.9. The van der Waals surface area contributed by atoms with Gasteiger partial charge in [0, 0.05) is 18.4 Å². The van der Waals surface area contributed by atoms with Gasteiger partial charge in [-0.2, -0.15) is 5.26 Å². The van der Waals surface area contributed by atoms with E-state index in [0.29, 0.717) is 24.2 Å². The van der Waals surface area contributed by atoms with Gasteiger partial charge in [-0.15, -0.1) is 0 Å². The molecule has 0 N–H and O–H groups in total. The topological polar surface area (TPSA) is 79.6 Å². The molecule has 0 amide bonds. The van der Waals surface area contributed by atoms with Gasteiger partial charge in [-0.1, -0.05) is 110 Å². The van der Waals surface area contributed by atoms with Gasteiger partial charge in [0.15, 0.2) is 26.5 Å². The Hall–Kier alpha value is -1.55. The first-order valence-electron chi connectivity index (χ1n) is 18.6. The van der Waals surface area contributed by atoms with Gasteiger partial charge < -0.3 is 13.8 Å². The Kier molecular flexibility index (Phi) is 15.8. The smallest absolute Gasteiger partial charge is 0.192 e. The second-order valence-corrected chi connectivity index (χ2v) is 29.2. The maximum atomic E-state index is 15.4. The number of hydrogen-bond acceptors (Lipinski definition) is 6. The van der Waals surface area contributed by atoms with E-state index in [1.165, 1.54) is 0 Å². The van der Waals surface area contributed by atoms with Crippen molar-refractivity contribution in [2.75, 3.05) is 14.1 Å². The number of rotatable bonds is 18. The lowest BCUT2D eigenvalue weighted by Crippen LogP contribution is -2.55. The first-order valence-corrected chi connectivity index (χ1v) is 25.9. The van der Waals surface area contributed by atoms with E-state index in [9.17, 15) is 0 Å². The van der Waals surface area contributed by atoms with E-state index in [0.717, 1.165) is 38.5 Å². The number of allylic oxidation sites excluding steroid dienone is 2. The second-order valence-electron chi connectivity index (χ2n) is 17.5. The molecular weight excluding hydrogens is 661 g/mol. The lowest BCUT2D eigenvalue weighted by Gasteiger charge is -2.43. The van der Waals surface area contributed by atoms with E-state index < -0.39 is 37.1 Å². The first-order chi connectivity index (χ1) is 22.6. The molecule has 6 nitrogen and oxygen atoms in total. The summed E-state index contributed by atoms with van der Waals surface area (Å²) in [6, 6.07) is 11.0. The van der Waals surface area contributed by atoms with Gasteiger partial charge in [0.1, 0.15) is 4.75 Å². The highest BCUT2D eigenvalue weighted by Gasteiger charge is 2.63. The molecule has 49 heavy (non-hydrogen) atoms. The number of hydrogen-bond donors (Lipinski definition) is 0. The van der Waals surface area contributed by atoms with Crippen molar-refractivity contribution >= 4 is 26.5 Å². The molecule has 1 fully saturated rings. The summed E-state index contributed by atoms with van der Waals surface area (Å²) in [6.07, 6.45) is 15.4. The van der Waals surface area contributed by atoms with Crippen molar-refractivity contribution < 1.29 is 17.3 Å². The van der Waals surface area contributed by atoms with Crippen LogP contribution in [0.5, 0.6) is 0 Å². The monoisotopic (exact) mass is 730 g/mol. The number of nitrogens with zero attached hydrogens (tertiary/aromatic N) is 2. The predicted molar refractivity (Wildman–Crippen MR) is 213 cm³/mol. The molecule has 0 unspecified atom stereocenters. The van der Waals surface area contributed by atoms with Crippen LogP contribution in [0.25, 0.3) is 0 Å². The van der Waals surface area contributed by atoms with E-state index in [2.05, 4.69) is 110 Å². The van der Waals surface area contributed by atoms with Crippen molar-refractivity contribution in [3.8, 4) is 6.07 Å². The zero-order valence-electron chi connectivity index (χ0n) is 33.3. The van der Waals surface area contributed by atoms with Crippen LogP contribution < -0.4 is 0 Å². The third kappa shape index (κ3) is 10.7. The van der Waals surface area contributed by atoms with Gasteiger partial charge in [0.2, 0.25) is 0 Å². The summed E-state index contributed by atoms with van der Waals surface area (Å²) >= 11 is 0. The van der Waals surface area contributed by atoms with E-state index in [4.69, 9.17) is 14.1 Å². The Morgan fingerprint density at radius 3 is 2.12 bits per heavy atom. The van der Waals surface area contributed by atoms with Crippen molar-refractivity contribution in [2.45, 2.75) is 170 Å². The molecule has 278 valence electrons. The zero-order chi connectivity index (χ0) is 37.3. The molecular formula is C40H70N2O4SSi2. The largest absolute Gasteiger partial charge is 0.413 e. The molecule has 0 aromatic heterocycles. The quantitative estimate of drug-likeness (QED) is 0.0850. The minimum absolute atomic E-state index is 0.0345. The molecule has 1 aliphatic rings. The lowest BCUT2D eigenvalue weighted by atomic mass is 9.86. The van der Waals surface area contributed by atoms with Crippen molar-refractivity contribution in [3.05, 3.63) is 54.6 Å². The van der Waals surface area contributed by atoms with Gasteiger partial charge in [0.05, 0.1) is 23.2 Å². The van der Waals surface area contributed by atoms with Crippen LogP contribution in [0.4, 0.5) is 0 Å². The van der Waals surface area contributed by atoms with Gasteiger partial charge in [-0.25, -0.2) is 8.42 Å². The minimum atomic E-state index is -3.89. The Morgan fingerprint density at radius 1 is 0.980 bits per heavy atom. The maximum Gasteiger partial charge on any atom is 0.192 e. The summed E-state index contributed by atoms with van der Waals surface area (Å²) in [7, 11) is -4.27. The lowest BCUT2D eigenvalue weighted by molar-refractivity contribution is 0.149. The molecule has 0 spiro atoms. The summed E-state index contributed by atoms with van der Waals surface area (Å²) in [5.74, 6) is -0.403. The fourth-order valence-corrected chi connectivity index (χ4v) is 11.7. The van der Waals surface area contributed by atoms with Crippen LogP contribution in [0.1, 0.15) is 106 Å². The third-order valence-electron chi connectivity index (χ3n) is 11.6. The molecule has 9 heteroatoms. The molecule has 2 rings (SSSR count). The summed E-state index contributed by atoms with van der Waals surface area (Å²) in [4.78, 5) is 2.47. The van der Waals surface area contributed by atoms with E-state index in [-0.39, 0.29) is 28.3 Å². The van der Waals surface area contributed by atoms with Crippen LogP contribution in [0.3, 0.4) is 0 Å². The molecule has 0 bridgehead atoms. The average molecular weight is 731 g/mol. The highest BCUT2D eigenvalue weighted by atomic mass is 32.2. The minimum Gasteiger partial charge on any atom is -0.413 e.